The number of halogens is 2. The number of alkyl halides is 2. The SMILES string of the molecule is CC(C)CC(C)(N)COc1ncc(-c2ccncc2)cc1C(F)F. The number of nitrogens with two attached hydrogens (primary N) is 1. The van der Waals surface area contributed by atoms with Crippen molar-refractivity contribution in [3.63, 3.8) is 0 Å². The first-order chi connectivity index (χ1) is 11.3. The zero-order valence-electron chi connectivity index (χ0n) is 14.2. The minimum absolute atomic E-state index is 0.0664. The van der Waals surface area contributed by atoms with Crippen LogP contribution >= 0.6 is 0 Å². The van der Waals surface area contributed by atoms with E-state index in [2.05, 4.69) is 23.8 Å². The second kappa shape index (κ2) is 7.66. The fourth-order valence-corrected chi connectivity index (χ4v) is 2.67. The molecule has 2 rings (SSSR count). The van der Waals surface area contributed by atoms with Gasteiger partial charge in [-0.05, 0) is 43.0 Å². The van der Waals surface area contributed by atoms with Gasteiger partial charge in [0, 0.05) is 29.7 Å². The maximum atomic E-state index is 13.4. The third-order valence-corrected chi connectivity index (χ3v) is 3.54. The van der Waals surface area contributed by atoms with Crippen LogP contribution in [0.15, 0.2) is 36.8 Å². The summed E-state index contributed by atoms with van der Waals surface area (Å²) in [6.07, 6.45) is 2.78. The van der Waals surface area contributed by atoms with Crippen LogP contribution in [0.2, 0.25) is 0 Å². The molecule has 4 nitrogen and oxygen atoms in total. The number of rotatable bonds is 7. The van der Waals surface area contributed by atoms with Crippen molar-refractivity contribution in [3.8, 4) is 17.0 Å². The number of nitrogens with zero attached hydrogens (tertiary/aromatic N) is 2. The van der Waals surface area contributed by atoms with Crippen molar-refractivity contribution in [2.75, 3.05) is 6.61 Å². The van der Waals surface area contributed by atoms with Crippen molar-refractivity contribution in [1.82, 2.24) is 9.97 Å². The van der Waals surface area contributed by atoms with Crippen molar-refractivity contribution in [2.45, 2.75) is 39.2 Å². The summed E-state index contributed by atoms with van der Waals surface area (Å²) >= 11 is 0. The molecule has 0 fully saturated rings. The fourth-order valence-electron chi connectivity index (χ4n) is 2.67. The summed E-state index contributed by atoms with van der Waals surface area (Å²) in [5.41, 5.74) is 6.70. The molecule has 2 aromatic heterocycles. The Kier molecular flexibility index (Phi) is 5.83. The maximum Gasteiger partial charge on any atom is 0.269 e. The van der Waals surface area contributed by atoms with E-state index in [9.17, 15) is 8.78 Å². The van der Waals surface area contributed by atoms with Crippen LogP contribution in [-0.2, 0) is 0 Å². The van der Waals surface area contributed by atoms with Crippen molar-refractivity contribution in [2.24, 2.45) is 11.7 Å². The number of ether oxygens (including phenoxy) is 1. The Morgan fingerprint density at radius 3 is 2.46 bits per heavy atom. The summed E-state index contributed by atoms with van der Waals surface area (Å²) in [4.78, 5) is 8.00. The molecule has 1 unspecified atom stereocenters. The van der Waals surface area contributed by atoms with Crippen LogP contribution in [0.25, 0.3) is 11.1 Å². The summed E-state index contributed by atoms with van der Waals surface area (Å²) in [6, 6.07) is 4.89. The highest BCUT2D eigenvalue weighted by atomic mass is 19.3. The van der Waals surface area contributed by atoms with Crippen LogP contribution in [-0.4, -0.2) is 22.1 Å². The predicted molar refractivity (Wildman–Crippen MR) is 90.0 cm³/mol. The lowest BCUT2D eigenvalue weighted by Crippen LogP contribution is -2.43. The van der Waals surface area contributed by atoms with Crippen LogP contribution in [0.3, 0.4) is 0 Å². The van der Waals surface area contributed by atoms with Gasteiger partial charge in [-0.15, -0.1) is 0 Å². The van der Waals surface area contributed by atoms with E-state index in [1.165, 1.54) is 12.3 Å². The molecule has 0 amide bonds. The molecule has 2 aromatic rings. The van der Waals surface area contributed by atoms with Gasteiger partial charge in [0.05, 0.1) is 5.56 Å². The average Bonchev–Trinajstić information content (AvgIpc) is 2.52. The van der Waals surface area contributed by atoms with E-state index < -0.39 is 12.0 Å². The summed E-state index contributed by atoms with van der Waals surface area (Å²) in [5, 5.41) is 0. The normalized spacial score (nSPS) is 14.0. The molecule has 0 saturated carbocycles. The standard InChI is InChI=1S/C18H23F2N3O/c1-12(2)9-18(3,21)11-24-17-15(16(19)20)8-14(10-23-17)13-4-6-22-7-5-13/h4-8,10,12,16H,9,11,21H2,1-3H3. The maximum absolute atomic E-state index is 13.4. The Hall–Kier alpha value is -2.08. The summed E-state index contributed by atoms with van der Waals surface area (Å²) in [5.74, 6) is 0.323. The van der Waals surface area contributed by atoms with Crippen molar-refractivity contribution in [1.29, 1.82) is 0 Å². The van der Waals surface area contributed by atoms with Crippen LogP contribution in [0, 0.1) is 5.92 Å². The van der Waals surface area contributed by atoms with Gasteiger partial charge in [0.2, 0.25) is 5.88 Å². The molecule has 0 aliphatic rings. The molecule has 0 bridgehead atoms. The topological polar surface area (TPSA) is 61.0 Å². The van der Waals surface area contributed by atoms with Gasteiger partial charge in [0.25, 0.3) is 6.43 Å². The molecule has 0 aliphatic carbocycles. The predicted octanol–water partition coefficient (Wildman–Crippen LogP) is 4.22. The van der Waals surface area contributed by atoms with E-state index in [1.807, 2.05) is 6.92 Å². The van der Waals surface area contributed by atoms with Gasteiger partial charge < -0.3 is 10.5 Å². The third-order valence-electron chi connectivity index (χ3n) is 3.54. The molecule has 0 radical (unpaired) electrons. The van der Waals surface area contributed by atoms with Gasteiger partial charge in [0.1, 0.15) is 6.61 Å². The van der Waals surface area contributed by atoms with E-state index >= 15 is 0 Å². The van der Waals surface area contributed by atoms with Gasteiger partial charge in [-0.2, -0.15) is 0 Å². The monoisotopic (exact) mass is 335 g/mol. The molecule has 2 heterocycles. The smallest absolute Gasteiger partial charge is 0.269 e. The zero-order chi connectivity index (χ0) is 17.7. The zero-order valence-corrected chi connectivity index (χ0v) is 14.2. The number of pyridine rings is 2. The molecule has 0 spiro atoms. The van der Waals surface area contributed by atoms with Gasteiger partial charge >= 0.3 is 0 Å². The molecule has 2 N–H and O–H groups in total. The molecule has 130 valence electrons. The highest BCUT2D eigenvalue weighted by molar-refractivity contribution is 5.63. The Morgan fingerprint density at radius 2 is 1.88 bits per heavy atom. The van der Waals surface area contributed by atoms with Crippen LogP contribution in [0.5, 0.6) is 5.88 Å². The average molecular weight is 335 g/mol. The van der Waals surface area contributed by atoms with Gasteiger partial charge in [-0.25, -0.2) is 13.8 Å². The lowest BCUT2D eigenvalue weighted by atomic mass is 9.93. The Balaban J connectivity index is 2.21. The number of aromatic nitrogens is 2. The summed E-state index contributed by atoms with van der Waals surface area (Å²) in [6.45, 7) is 6.09. The summed E-state index contributed by atoms with van der Waals surface area (Å²) in [7, 11) is 0. The van der Waals surface area contributed by atoms with E-state index in [-0.39, 0.29) is 18.1 Å². The van der Waals surface area contributed by atoms with Gasteiger partial charge in [0.15, 0.2) is 0 Å². The molecule has 0 aromatic carbocycles. The van der Waals surface area contributed by atoms with E-state index in [0.29, 0.717) is 11.5 Å². The van der Waals surface area contributed by atoms with Gasteiger partial charge in [-0.3, -0.25) is 4.98 Å². The largest absolute Gasteiger partial charge is 0.475 e. The van der Waals surface area contributed by atoms with Crippen molar-refractivity contribution in [3.05, 3.63) is 42.4 Å². The summed E-state index contributed by atoms with van der Waals surface area (Å²) < 4.78 is 32.3. The molecule has 1 atom stereocenters. The van der Waals surface area contributed by atoms with Crippen molar-refractivity contribution < 1.29 is 13.5 Å². The first-order valence-corrected chi connectivity index (χ1v) is 7.88. The highest BCUT2D eigenvalue weighted by Crippen LogP contribution is 2.31. The van der Waals surface area contributed by atoms with E-state index in [0.717, 1.165) is 12.0 Å². The molecule has 24 heavy (non-hydrogen) atoms. The molecule has 0 saturated heterocycles. The lowest BCUT2D eigenvalue weighted by molar-refractivity contribution is 0.137. The fraction of sp³-hybridized carbons (Fsp3) is 0.444. The van der Waals surface area contributed by atoms with E-state index in [1.54, 1.807) is 24.5 Å². The minimum atomic E-state index is -2.68. The Labute approximate surface area is 141 Å². The van der Waals surface area contributed by atoms with Crippen LogP contribution in [0.4, 0.5) is 8.78 Å². The number of hydrogen-bond donors (Lipinski definition) is 1. The van der Waals surface area contributed by atoms with Crippen molar-refractivity contribution >= 4 is 0 Å². The molecular formula is C18H23F2N3O. The van der Waals surface area contributed by atoms with Crippen LogP contribution < -0.4 is 10.5 Å². The highest BCUT2D eigenvalue weighted by Gasteiger charge is 2.24. The Morgan fingerprint density at radius 1 is 1.21 bits per heavy atom. The third kappa shape index (κ3) is 4.96. The first kappa shape index (κ1) is 18.3. The van der Waals surface area contributed by atoms with Crippen LogP contribution in [0.1, 0.15) is 39.2 Å². The first-order valence-electron chi connectivity index (χ1n) is 7.88. The van der Waals surface area contributed by atoms with E-state index in [4.69, 9.17) is 10.5 Å². The second-order valence-corrected chi connectivity index (χ2v) is 6.70. The molecule has 0 aliphatic heterocycles. The minimum Gasteiger partial charge on any atom is -0.475 e. The Bertz CT molecular complexity index is 661. The molecular weight excluding hydrogens is 312 g/mol. The van der Waals surface area contributed by atoms with Gasteiger partial charge in [-0.1, -0.05) is 13.8 Å². The molecule has 6 heteroatoms. The second-order valence-electron chi connectivity index (χ2n) is 6.70. The lowest BCUT2D eigenvalue weighted by Gasteiger charge is -2.26. The quantitative estimate of drug-likeness (QED) is 0.823. The number of hydrogen-bond acceptors (Lipinski definition) is 4.